The first kappa shape index (κ1) is 22.0. The van der Waals surface area contributed by atoms with Crippen LogP contribution >= 0.6 is 0 Å². The molecule has 4 rings (SSSR count). The summed E-state index contributed by atoms with van der Waals surface area (Å²) < 4.78 is 0. The number of allylic oxidation sites excluding steroid dienone is 1. The zero-order valence-electron chi connectivity index (χ0n) is 18.5. The van der Waals surface area contributed by atoms with Crippen molar-refractivity contribution in [3.8, 4) is 11.1 Å². The van der Waals surface area contributed by atoms with Crippen LogP contribution in [0.5, 0.6) is 0 Å². The Morgan fingerprint density at radius 1 is 0.788 bits per heavy atom. The van der Waals surface area contributed by atoms with E-state index in [1.807, 2.05) is 30.5 Å². The minimum absolute atomic E-state index is 0.852. The molecular formula is C30H25NO2. The number of nitrogens with zero attached hydrogens (tertiary/aromatic N) is 1. The topological polar surface area (TPSA) is 50.2 Å². The maximum absolute atomic E-state index is 10.8. The van der Waals surface area contributed by atoms with Gasteiger partial charge in [0.2, 0.25) is 0 Å². The number of aromatic nitrogens is 1. The molecule has 0 saturated carbocycles. The highest BCUT2D eigenvalue weighted by molar-refractivity contribution is 5.99. The van der Waals surface area contributed by atoms with Gasteiger partial charge in [0, 0.05) is 18.5 Å². The van der Waals surface area contributed by atoms with Crippen LogP contribution in [-0.4, -0.2) is 16.1 Å². The summed E-state index contributed by atoms with van der Waals surface area (Å²) in [6.45, 7) is 2.18. The van der Waals surface area contributed by atoms with Crippen molar-refractivity contribution in [3.63, 3.8) is 0 Å². The minimum Gasteiger partial charge on any atom is -0.478 e. The Labute approximate surface area is 194 Å². The van der Waals surface area contributed by atoms with Gasteiger partial charge in [0.1, 0.15) is 0 Å². The Kier molecular flexibility index (Phi) is 6.91. The van der Waals surface area contributed by atoms with Gasteiger partial charge in [0.15, 0.2) is 0 Å². The van der Waals surface area contributed by atoms with Crippen molar-refractivity contribution in [3.05, 3.63) is 132 Å². The SMILES string of the molecule is CCC(=C(c1ccc(C=CC(=O)O)cc1)c1ccc(-c2cccnc2)cc1)c1ccccc1. The molecule has 4 aromatic rings. The van der Waals surface area contributed by atoms with E-state index in [1.54, 1.807) is 12.3 Å². The Balaban J connectivity index is 1.82. The van der Waals surface area contributed by atoms with Gasteiger partial charge in [-0.1, -0.05) is 91.9 Å². The van der Waals surface area contributed by atoms with Gasteiger partial charge in [0.25, 0.3) is 0 Å². The highest BCUT2D eigenvalue weighted by Gasteiger charge is 2.13. The summed E-state index contributed by atoms with van der Waals surface area (Å²) in [4.78, 5) is 15.1. The first-order chi connectivity index (χ1) is 16.2. The number of hydrogen-bond acceptors (Lipinski definition) is 2. The summed E-state index contributed by atoms with van der Waals surface area (Å²) in [6, 6.07) is 31.1. The molecule has 0 bridgehead atoms. The summed E-state index contributed by atoms with van der Waals surface area (Å²) in [5.41, 5.74) is 8.93. The van der Waals surface area contributed by atoms with Crippen LogP contribution in [-0.2, 0) is 4.79 Å². The number of hydrogen-bond donors (Lipinski definition) is 1. The van der Waals surface area contributed by atoms with Crippen molar-refractivity contribution in [2.75, 3.05) is 0 Å². The van der Waals surface area contributed by atoms with Crippen LogP contribution in [0.2, 0.25) is 0 Å². The Morgan fingerprint density at radius 3 is 2.03 bits per heavy atom. The molecule has 1 aromatic heterocycles. The zero-order valence-corrected chi connectivity index (χ0v) is 18.5. The summed E-state index contributed by atoms with van der Waals surface area (Å²) in [6.07, 6.45) is 7.29. The molecule has 0 unspecified atom stereocenters. The Hall–Kier alpha value is -4.24. The highest BCUT2D eigenvalue weighted by atomic mass is 16.4. The fourth-order valence-corrected chi connectivity index (χ4v) is 3.97. The molecule has 0 radical (unpaired) electrons. The smallest absolute Gasteiger partial charge is 0.328 e. The van der Waals surface area contributed by atoms with E-state index in [9.17, 15) is 4.79 Å². The van der Waals surface area contributed by atoms with E-state index in [2.05, 4.69) is 78.6 Å². The summed E-state index contributed by atoms with van der Waals surface area (Å²) in [5, 5.41) is 8.90. The van der Waals surface area contributed by atoms with Crippen molar-refractivity contribution < 1.29 is 9.90 Å². The molecular weight excluding hydrogens is 406 g/mol. The number of pyridine rings is 1. The van der Waals surface area contributed by atoms with E-state index >= 15 is 0 Å². The molecule has 0 aliphatic carbocycles. The van der Waals surface area contributed by atoms with Crippen LogP contribution in [0, 0.1) is 0 Å². The molecule has 0 spiro atoms. The van der Waals surface area contributed by atoms with Gasteiger partial charge in [-0.3, -0.25) is 4.98 Å². The second kappa shape index (κ2) is 10.4. The van der Waals surface area contributed by atoms with Crippen LogP contribution in [0.4, 0.5) is 0 Å². The van der Waals surface area contributed by atoms with Crippen molar-refractivity contribution in [1.82, 2.24) is 4.98 Å². The van der Waals surface area contributed by atoms with Crippen molar-refractivity contribution in [2.45, 2.75) is 13.3 Å². The van der Waals surface area contributed by atoms with E-state index in [0.29, 0.717) is 0 Å². The van der Waals surface area contributed by atoms with Crippen LogP contribution in [0.15, 0.2) is 109 Å². The predicted molar refractivity (Wildman–Crippen MR) is 135 cm³/mol. The first-order valence-corrected chi connectivity index (χ1v) is 11.0. The molecule has 3 aromatic carbocycles. The molecule has 0 amide bonds. The normalized spacial score (nSPS) is 11.9. The molecule has 3 nitrogen and oxygen atoms in total. The number of rotatable bonds is 7. The lowest BCUT2D eigenvalue weighted by Crippen LogP contribution is -1.95. The molecule has 1 N–H and O–H groups in total. The third-order valence-electron chi connectivity index (χ3n) is 5.56. The average Bonchev–Trinajstić information content (AvgIpc) is 2.87. The van der Waals surface area contributed by atoms with Crippen molar-refractivity contribution >= 4 is 23.2 Å². The maximum atomic E-state index is 10.8. The minimum atomic E-state index is -0.953. The molecule has 0 aliphatic rings. The van der Waals surface area contributed by atoms with E-state index in [4.69, 9.17) is 5.11 Å². The molecule has 1 heterocycles. The number of carbonyl (C=O) groups is 1. The van der Waals surface area contributed by atoms with Crippen LogP contribution in [0.3, 0.4) is 0 Å². The summed E-state index contributed by atoms with van der Waals surface area (Å²) >= 11 is 0. The zero-order chi connectivity index (χ0) is 23.0. The summed E-state index contributed by atoms with van der Waals surface area (Å²) in [5.74, 6) is -0.953. The van der Waals surface area contributed by atoms with E-state index in [1.165, 1.54) is 16.7 Å². The quantitative estimate of drug-likeness (QED) is 0.248. The molecule has 0 atom stereocenters. The van der Waals surface area contributed by atoms with Crippen LogP contribution < -0.4 is 0 Å². The average molecular weight is 432 g/mol. The lowest BCUT2D eigenvalue weighted by atomic mass is 9.87. The molecule has 0 fully saturated rings. The Morgan fingerprint density at radius 2 is 1.45 bits per heavy atom. The Bertz CT molecular complexity index is 1270. The molecule has 162 valence electrons. The number of benzene rings is 3. The van der Waals surface area contributed by atoms with Crippen molar-refractivity contribution in [2.24, 2.45) is 0 Å². The van der Waals surface area contributed by atoms with Gasteiger partial charge >= 0.3 is 5.97 Å². The molecule has 33 heavy (non-hydrogen) atoms. The third kappa shape index (κ3) is 5.34. The lowest BCUT2D eigenvalue weighted by molar-refractivity contribution is -0.131. The lowest BCUT2D eigenvalue weighted by Gasteiger charge is -2.17. The summed E-state index contributed by atoms with van der Waals surface area (Å²) in [7, 11) is 0. The number of carboxylic acids is 1. The number of aliphatic carboxylic acids is 1. The van der Waals surface area contributed by atoms with Crippen molar-refractivity contribution in [1.29, 1.82) is 0 Å². The largest absolute Gasteiger partial charge is 0.478 e. The monoisotopic (exact) mass is 431 g/mol. The second-order valence-electron chi connectivity index (χ2n) is 7.69. The molecule has 0 saturated heterocycles. The van der Waals surface area contributed by atoms with Gasteiger partial charge in [-0.25, -0.2) is 4.79 Å². The standard InChI is InChI=1S/C30H25NO2/c1-2-28(24-7-4-3-5-8-24)30(25-13-10-22(11-14-25)12-19-29(32)33)26-17-15-23(16-18-26)27-9-6-20-31-21-27/h3-21H,2H2,1H3,(H,32,33). The highest BCUT2D eigenvalue weighted by Crippen LogP contribution is 2.35. The van der Waals surface area contributed by atoms with E-state index in [0.717, 1.165) is 40.3 Å². The number of carboxylic acid groups (broad SMARTS) is 1. The first-order valence-electron chi connectivity index (χ1n) is 11.0. The van der Waals surface area contributed by atoms with E-state index in [-0.39, 0.29) is 0 Å². The molecule has 3 heteroatoms. The maximum Gasteiger partial charge on any atom is 0.328 e. The second-order valence-corrected chi connectivity index (χ2v) is 7.69. The third-order valence-corrected chi connectivity index (χ3v) is 5.56. The fourth-order valence-electron chi connectivity index (χ4n) is 3.97. The van der Waals surface area contributed by atoms with Gasteiger partial charge < -0.3 is 5.11 Å². The molecule has 0 aliphatic heterocycles. The fraction of sp³-hybridized carbons (Fsp3) is 0.0667. The van der Waals surface area contributed by atoms with Crippen LogP contribution in [0.25, 0.3) is 28.3 Å². The van der Waals surface area contributed by atoms with E-state index < -0.39 is 5.97 Å². The van der Waals surface area contributed by atoms with Gasteiger partial charge in [-0.15, -0.1) is 0 Å². The predicted octanol–water partition coefficient (Wildman–Crippen LogP) is 7.22. The van der Waals surface area contributed by atoms with Gasteiger partial charge in [-0.2, -0.15) is 0 Å². The van der Waals surface area contributed by atoms with Crippen LogP contribution in [0.1, 0.15) is 35.6 Å². The van der Waals surface area contributed by atoms with Gasteiger partial charge in [-0.05, 0) is 63.1 Å². The van der Waals surface area contributed by atoms with Gasteiger partial charge in [0.05, 0.1) is 0 Å².